The largest absolute Gasteiger partial charge is 0.487 e. The number of nitrogens with zero attached hydrogens (tertiary/aromatic N) is 1. The summed E-state index contributed by atoms with van der Waals surface area (Å²) >= 11 is 0. The number of hydrogen-bond acceptors (Lipinski definition) is 7. The van der Waals surface area contributed by atoms with Gasteiger partial charge < -0.3 is 29.9 Å². The Bertz CT molecular complexity index is 935. The number of benzene rings is 2. The van der Waals surface area contributed by atoms with Gasteiger partial charge in [-0.25, -0.2) is 0 Å². The van der Waals surface area contributed by atoms with Crippen molar-refractivity contribution in [2.24, 2.45) is 0 Å². The molecule has 0 bridgehead atoms. The normalized spacial score (nSPS) is 10.9. The number of rotatable bonds is 10. The molecule has 0 fully saturated rings. The molecule has 170 valence electrons. The number of aliphatic hydroxyl groups is 4. The smallest absolute Gasteiger partial charge is 0.130 e. The highest BCUT2D eigenvalue weighted by Gasteiger charge is 2.13. The van der Waals surface area contributed by atoms with Gasteiger partial charge in [0.25, 0.3) is 0 Å². The van der Waals surface area contributed by atoms with E-state index < -0.39 is 0 Å². The van der Waals surface area contributed by atoms with Gasteiger partial charge in [-0.15, -0.1) is 0 Å². The van der Waals surface area contributed by atoms with Gasteiger partial charge in [0, 0.05) is 22.3 Å². The summed E-state index contributed by atoms with van der Waals surface area (Å²) in [6.07, 6.45) is 0. The first kappa shape index (κ1) is 23.7. The Labute approximate surface area is 187 Å². The predicted molar refractivity (Wildman–Crippen MR) is 119 cm³/mol. The molecule has 0 radical (unpaired) electrons. The monoisotopic (exact) mass is 439 g/mol. The lowest BCUT2D eigenvalue weighted by Crippen LogP contribution is -2.08. The van der Waals surface area contributed by atoms with E-state index in [-0.39, 0.29) is 39.6 Å². The van der Waals surface area contributed by atoms with Crippen LogP contribution in [0.2, 0.25) is 0 Å². The summed E-state index contributed by atoms with van der Waals surface area (Å²) < 4.78 is 11.8. The van der Waals surface area contributed by atoms with E-state index in [9.17, 15) is 20.4 Å². The molecule has 2 aromatic carbocycles. The number of ether oxygens (including phenoxy) is 2. The number of hydrogen-bond donors (Lipinski definition) is 4. The van der Waals surface area contributed by atoms with Crippen molar-refractivity contribution in [2.75, 3.05) is 0 Å². The Hall–Kier alpha value is -2.97. The topological polar surface area (TPSA) is 112 Å². The molecule has 0 saturated carbocycles. The lowest BCUT2D eigenvalue weighted by Gasteiger charge is -2.16. The quantitative estimate of drug-likeness (QED) is 0.384. The lowest BCUT2D eigenvalue weighted by molar-refractivity contribution is 0.237. The second-order valence-electron chi connectivity index (χ2n) is 7.65. The summed E-state index contributed by atoms with van der Waals surface area (Å²) in [6, 6.07) is 12.8. The van der Waals surface area contributed by atoms with Crippen LogP contribution >= 0.6 is 0 Å². The van der Waals surface area contributed by atoms with Crippen molar-refractivity contribution in [2.45, 2.75) is 53.5 Å². The summed E-state index contributed by atoms with van der Waals surface area (Å²) in [4.78, 5) is 4.56. The maximum atomic E-state index is 9.66. The predicted octanol–water partition coefficient (Wildman–Crippen LogP) is 2.83. The van der Waals surface area contributed by atoms with E-state index in [0.29, 0.717) is 45.1 Å². The van der Waals surface area contributed by atoms with E-state index in [0.717, 1.165) is 11.1 Å². The van der Waals surface area contributed by atoms with Crippen molar-refractivity contribution in [3.05, 3.63) is 87.2 Å². The van der Waals surface area contributed by atoms with E-state index in [1.54, 1.807) is 0 Å². The average Bonchev–Trinajstić information content (AvgIpc) is 2.81. The molecule has 0 unspecified atom stereocenters. The molecular formula is C25H29NO6. The molecule has 7 nitrogen and oxygen atoms in total. The number of aryl methyl sites for hydroxylation is 2. The van der Waals surface area contributed by atoms with Gasteiger partial charge in [-0.3, -0.25) is 4.98 Å². The van der Waals surface area contributed by atoms with Crippen LogP contribution in [0.3, 0.4) is 0 Å². The molecule has 3 aromatic rings. The number of pyridine rings is 1. The summed E-state index contributed by atoms with van der Waals surface area (Å²) in [5.41, 5.74) is 5.64. The Morgan fingerprint density at radius 1 is 0.625 bits per heavy atom. The average molecular weight is 440 g/mol. The minimum atomic E-state index is -0.192. The second-order valence-corrected chi connectivity index (χ2v) is 7.65. The number of aliphatic hydroxyl groups excluding tert-OH is 4. The lowest BCUT2D eigenvalue weighted by atomic mass is 10.1. The van der Waals surface area contributed by atoms with Crippen LogP contribution in [0, 0.1) is 13.8 Å². The molecule has 0 aliphatic carbocycles. The van der Waals surface area contributed by atoms with Gasteiger partial charge in [-0.05, 0) is 26.0 Å². The van der Waals surface area contributed by atoms with Crippen LogP contribution in [0.15, 0.2) is 42.5 Å². The van der Waals surface area contributed by atoms with Gasteiger partial charge in [0.1, 0.15) is 24.7 Å². The molecule has 0 spiro atoms. The first-order valence-corrected chi connectivity index (χ1v) is 10.4. The molecule has 0 amide bonds. The zero-order valence-corrected chi connectivity index (χ0v) is 18.3. The Morgan fingerprint density at radius 3 is 1.28 bits per heavy atom. The van der Waals surface area contributed by atoms with Crippen LogP contribution in [-0.4, -0.2) is 25.4 Å². The van der Waals surface area contributed by atoms with Crippen molar-refractivity contribution in [3.8, 4) is 11.5 Å². The fourth-order valence-electron chi connectivity index (χ4n) is 3.68. The van der Waals surface area contributed by atoms with Crippen molar-refractivity contribution in [1.82, 2.24) is 4.98 Å². The second kappa shape index (κ2) is 11.1. The first-order valence-electron chi connectivity index (χ1n) is 10.4. The van der Waals surface area contributed by atoms with Crippen molar-refractivity contribution < 1.29 is 29.9 Å². The SMILES string of the molecule is Cc1cc(CO)c(OCc2cccc(COc3c(CO)cc(C)cc3CO)n2)c(CO)c1. The molecule has 1 heterocycles. The van der Waals surface area contributed by atoms with Crippen molar-refractivity contribution >= 4 is 0 Å². The van der Waals surface area contributed by atoms with Crippen molar-refractivity contribution in [3.63, 3.8) is 0 Å². The molecule has 4 N–H and O–H groups in total. The fraction of sp³-hybridized carbons (Fsp3) is 0.320. The zero-order chi connectivity index (χ0) is 23.1. The molecule has 0 atom stereocenters. The van der Waals surface area contributed by atoms with Crippen LogP contribution < -0.4 is 9.47 Å². The zero-order valence-electron chi connectivity index (χ0n) is 18.3. The van der Waals surface area contributed by atoms with Crippen molar-refractivity contribution in [1.29, 1.82) is 0 Å². The van der Waals surface area contributed by atoms with Gasteiger partial charge in [-0.1, -0.05) is 41.5 Å². The van der Waals surface area contributed by atoms with E-state index in [4.69, 9.17) is 9.47 Å². The summed E-state index contributed by atoms with van der Waals surface area (Å²) in [5.74, 6) is 0.924. The van der Waals surface area contributed by atoms with Gasteiger partial charge in [0.2, 0.25) is 0 Å². The fourth-order valence-corrected chi connectivity index (χ4v) is 3.68. The van der Waals surface area contributed by atoms with E-state index >= 15 is 0 Å². The van der Waals surface area contributed by atoms with Gasteiger partial charge >= 0.3 is 0 Å². The minimum absolute atomic E-state index is 0.158. The molecule has 7 heteroatoms. The first-order chi connectivity index (χ1) is 15.5. The molecule has 0 saturated heterocycles. The van der Waals surface area contributed by atoms with E-state index in [2.05, 4.69) is 4.98 Å². The van der Waals surface area contributed by atoms with Gasteiger partial charge in [0.05, 0.1) is 37.8 Å². The highest BCUT2D eigenvalue weighted by molar-refractivity contribution is 5.45. The van der Waals surface area contributed by atoms with Gasteiger partial charge in [0.15, 0.2) is 0 Å². The van der Waals surface area contributed by atoms with Crippen LogP contribution in [0.25, 0.3) is 0 Å². The Kier molecular flexibility index (Phi) is 8.19. The standard InChI is InChI=1S/C25H29NO6/c1-16-6-18(10-27)24(19(7-16)11-28)31-14-22-4-3-5-23(26-22)15-32-25-20(12-29)8-17(2)9-21(25)13-30/h3-9,27-30H,10-15H2,1-2H3. The van der Waals surface area contributed by atoms with Crippen LogP contribution in [0.1, 0.15) is 44.8 Å². The molecule has 0 aliphatic rings. The van der Waals surface area contributed by atoms with E-state index in [1.165, 1.54) is 0 Å². The highest BCUT2D eigenvalue weighted by Crippen LogP contribution is 2.28. The summed E-state index contributed by atoms with van der Waals surface area (Å²) in [6.45, 7) is 3.34. The summed E-state index contributed by atoms with van der Waals surface area (Å²) in [7, 11) is 0. The van der Waals surface area contributed by atoms with Gasteiger partial charge in [-0.2, -0.15) is 0 Å². The third kappa shape index (κ3) is 5.63. The third-order valence-electron chi connectivity index (χ3n) is 5.05. The molecule has 3 rings (SSSR count). The third-order valence-corrected chi connectivity index (χ3v) is 5.05. The molecule has 0 aliphatic heterocycles. The highest BCUT2D eigenvalue weighted by atomic mass is 16.5. The van der Waals surface area contributed by atoms with Crippen LogP contribution in [0.5, 0.6) is 11.5 Å². The molecular weight excluding hydrogens is 410 g/mol. The maximum absolute atomic E-state index is 9.66. The van der Waals surface area contributed by atoms with Crippen LogP contribution in [-0.2, 0) is 39.6 Å². The Morgan fingerprint density at radius 2 is 0.969 bits per heavy atom. The molecule has 32 heavy (non-hydrogen) atoms. The summed E-state index contributed by atoms with van der Waals surface area (Å²) in [5, 5.41) is 38.6. The van der Waals surface area contributed by atoms with Crippen LogP contribution in [0.4, 0.5) is 0 Å². The Balaban J connectivity index is 1.74. The molecule has 1 aromatic heterocycles. The minimum Gasteiger partial charge on any atom is -0.487 e. The maximum Gasteiger partial charge on any atom is 0.130 e. The van der Waals surface area contributed by atoms with E-state index in [1.807, 2.05) is 56.3 Å². The number of aromatic nitrogens is 1.